The van der Waals surface area contributed by atoms with Crippen LogP contribution in [0, 0.1) is 0 Å². The Hall–Kier alpha value is -2.37. The normalized spacial score (nSPS) is 14.6. The van der Waals surface area contributed by atoms with Gasteiger partial charge in [-0.25, -0.2) is 9.80 Å². The van der Waals surface area contributed by atoms with Crippen LogP contribution < -0.4 is 10.1 Å². The van der Waals surface area contributed by atoms with Crippen molar-refractivity contribution >= 4 is 18.2 Å². The molecular formula is C17H23N3O3. The number of ether oxygens (including phenoxy) is 1. The molecule has 1 heterocycles. The summed E-state index contributed by atoms with van der Waals surface area (Å²) in [5.74, 6) is 0.488. The topological polar surface area (TPSA) is 71.0 Å². The number of hydrogen-bond acceptors (Lipinski definition) is 4. The first-order valence-electron chi connectivity index (χ1n) is 8.07. The van der Waals surface area contributed by atoms with Gasteiger partial charge in [0.15, 0.2) is 0 Å². The first-order valence-corrected chi connectivity index (χ1v) is 8.07. The second-order valence-corrected chi connectivity index (χ2v) is 5.49. The zero-order valence-corrected chi connectivity index (χ0v) is 13.5. The van der Waals surface area contributed by atoms with Crippen LogP contribution in [0.1, 0.15) is 44.6 Å². The Morgan fingerprint density at radius 3 is 2.57 bits per heavy atom. The van der Waals surface area contributed by atoms with Crippen molar-refractivity contribution in [2.45, 2.75) is 39.0 Å². The molecule has 0 aromatic heterocycles. The number of rotatable bonds is 9. The first kappa shape index (κ1) is 17.0. The van der Waals surface area contributed by atoms with Crippen molar-refractivity contribution in [3.8, 4) is 5.75 Å². The van der Waals surface area contributed by atoms with Crippen molar-refractivity contribution < 1.29 is 14.3 Å². The van der Waals surface area contributed by atoms with E-state index in [1.54, 1.807) is 6.21 Å². The molecule has 1 aromatic carbocycles. The van der Waals surface area contributed by atoms with Gasteiger partial charge in [0.1, 0.15) is 12.3 Å². The lowest BCUT2D eigenvalue weighted by Crippen LogP contribution is -2.24. The zero-order valence-electron chi connectivity index (χ0n) is 13.5. The smallest absolute Gasteiger partial charge is 0.344 e. The van der Waals surface area contributed by atoms with Crippen molar-refractivity contribution in [3.63, 3.8) is 0 Å². The highest BCUT2D eigenvalue weighted by Crippen LogP contribution is 2.12. The van der Waals surface area contributed by atoms with Crippen LogP contribution >= 0.6 is 0 Å². The second kappa shape index (κ2) is 8.92. The third kappa shape index (κ3) is 5.73. The fourth-order valence-electron chi connectivity index (χ4n) is 2.21. The van der Waals surface area contributed by atoms with Gasteiger partial charge in [-0.1, -0.05) is 32.6 Å². The molecule has 3 amide bonds. The Morgan fingerprint density at radius 1 is 1.17 bits per heavy atom. The van der Waals surface area contributed by atoms with Gasteiger partial charge in [-0.15, -0.1) is 0 Å². The molecule has 124 valence electrons. The monoisotopic (exact) mass is 317 g/mol. The van der Waals surface area contributed by atoms with Crippen LogP contribution in [-0.2, 0) is 4.79 Å². The van der Waals surface area contributed by atoms with Gasteiger partial charge in [0.2, 0.25) is 5.91 Å². The third-order valence-electron chi connectivity index (χ3n) is 3.52. The maximum atomic E-state index is 11.3. The molecule has 1 saturated heterocycles. The van der Waals surface area contributed by atoms with Gasteiger partial charge in [0, 0.05) is 0 Å². The largest absolute Gasteiger partial charge is 0.494 e. The number of nitrogens with zero attached hydrogens (tertiary/aromatic N) is 2. The minimum atomic E-state index is -0.491. The Morgan fingerprint density at radius 2 is 1.91 bits per heavy atom. The van der Waals surface area contributed by atoms with E-state index in [4.69, 9.17) is 4.74 Å². The molecule has 0 unspecified atom stereocenters. The first-order chi connectivity index (χ1) is 11.2. The van der Waals surface area contributed by atoms with E-state index < -0.39 is 6.03 Å². The SMILES string of the molecule is CCCCCCCOc1ccc(/C=N/N2CC(=O)NC2=O)cc1. The predicted octanol–water partition coefficient (Wildman–Crippen LogP) is 2.92. The lowest BCUT2D eigenvalue weighted by molar-refractivity contribution is -0.118. The zero-order chi connectivity index (χ0) is 16.5. The van der Waals surface area contributed by atoms with Crippen LogP contribution in [0.3, 0.4) is 0 Å². The number of carbonyl (C=O) groups excluding carboxylic acids is 2. The fourth-order valence-corrected chi connectivity index (χ4v) is 2.21. The third-order valence-corrected chi connectivity index (χ3v) is 3.52. The van der Waals surface area contributed by atoms with Crippen molar-refractivity contribution in [2.75, 3.05) is 13.2 Å². The molecule has 0 aliphatic carbocycles. The molecular weight excluding hydrogens is 294 g/mol. The Balaban J connectivity index is 1.74. The van der Waals surface area contributed by atoms with E-state index in [0.29, 0.717) is 0 Å². The summed E-state index contributed by atoms with van der Waals surface area (Å²) in [6.07, 6.45) is 7.62. The minimum Gasteiger partial charge on any atom is -0.494 e. The molecule has 0 saturated carbocycles. The molecule has 23 heavy (non-hydrogen) atoms. The van der Waals surface area contributed by atoms with Gasteiger partial charge in [0.25, 0.3) is 0 Å². The highest BCUT2D eigenvalue weighted by molar-refractivity contribution is 6.02. The highest BCUT2D eigenvalue weighted by atomic mass is 16.5. The quantitative estimate of drug-likeness (QED) is 0.432. The lowest BCUT2D eigenvalue weighted by Gasteiger charge is -2.07. The van der Waals surface area contributed by atoms with Crippen LogP contribution in [-0.4, -0.2) is 36.3 Å². The molecule has 1 aliphatic heterocycles. The molecule has 0 atom stereocenters. The van der Waals surface area contributed by atoms with Crippen molar-refractivity contribution in [2.24, 2.45) is 5.10 Å². The summed E-state index contributed by atoms with van der Waals surface area (Å²) in [6, 6.07) is 7.00. The van der Waals surface area contributed by atoms with Crippen LogP contribution in [0.5, 0.6) is 5.75 Å². The number of hydrazone groups is 1. The number of unbranched alkanes of at least 4 members (excludes halogenated alkanes) is 4. The van der Waals surface area contributed by atoms with E-state index >= 15 is 0 Å². The number of imide groups is 1. The summed E-state index contributed by atoms with van der Waals surface area (Å²) in [4.78, 5) is 22.4. The second-order valence-electron chi connectivity index (χ2n) is 5.49. The fraction of sp³-hybridized carbons (Fsp3) is 0.471. The molecule has 1 N–H and O–H groups in total. The summed E-state index contributed by atoms with van der Waals surface area (Å²) >= 11 is 0. The molecule has 0 radical (unpaired) electrons. The Labute approximate surface area is 136 Å². The van der Waals surface area contributed by atoms with E-state index in [9.17, 15) is 9.59 Å². The summed E-state index contributed by atoms with van der Waals surface area (Å²) in [7, 11) is 0. The molecule has 6 heteroatoms. The minimum absolute atomic E-state index is 0.0332. The molecule has 1 aliphatic rings. The van der Waals surface area contributed by atoms with E-state index in [0.717, 1.165) is 29.3 Å². The van der Waals surface area contributed by atoms with Crippen LogP contribution in [0.4, 0.5) is 4.79 Å². The average Bonchev–Trinajstić information content (AvgIpc) is 2.87. The predicted molar refractivity (Wildman–Crippen MR) is 88.5 cm³/mol. The van der Waals surface area contributed by atoms with Crippen LogP contribution in [0.25, 0.3) is 0 Å². The van der Waals surface area contributed by atoms with Crippen LogP contribution in [0.15, 0.2) is 29.4 Å². The van der Waals surface area contributed by atoms with Gasteiger partial charge in [0.05, 0.1) is 12.8 Å². The Bertz CT molecular complexity index is 555. The average molecular weight is 317 g/mol. The van der Waals surface area contributed by atoms with Crippen molar-refractivity contribution in [1.82, 2.24) is 10.3 Å². The van der Waals surface area contributed by atoms with Crippen molar-refractivity contribution in [1.29, 1.82) is 0 Å². The van der Waals surface area contributed by atoms with Crippen molar-refractivity contribution in [3.05, 3.63) is 29.8 Å². The summed E-state index contributed by atoms with van der Waals surface area (Å²) in [5.41, 5.74) is 0.840. The van der Waals surface area contributed by atoms with Gasteiger partial charge in [-0.2, -0.15) is 5.10 Å². The summed E-state index contributed by atoms with van der Waals surface area (Å²) < 4.78 is 5.69. The summed E-state index contributed by atoms with van der Waals surface area (Å²) in [5, 5.41) is 7.26. The molecule has 1 aromatic rings. The number of hydrogen-bond donors (Lipinski definition) is 1. The van der Waals surface area contributed by atoms with Crippen LogP contribution in [0.2, 0.25) is 0 Å². The van der Waals surface area contributed by atoms with E-state index in [-0.39, 0.29) is 12.5 Å². The lowest BCUT2D eigenvalue weighted by atomic mass is 10.2. The number of amides is 3. The number of urea groups is 1. The molecule has 1 fully saturated rings. The molecule has 0 bridgehead atoms. The van der Waals surface area contributed by atoms with Gasteiger partial charge >= 0.3 is 6.03 Å². The van der Waals surface area contributed by atoms with Gasteiger partial charge < -0.3 is 4.74 Å². The maximum Gasteiger partial charge on any atom is 0.344 e. The Kier molecular flexibility index (Phi) is 6.59. The molecule has 0 spiro atoms. The van der Waals surface area contributed by atoms with E-state index in [1.807, 2.05) is 24.3 Å². The highest BCUT2D eigenvalue weighted by Gasteiger charge is 2.25. The number of nitrogens with one attached hydrogen (secondary N) is 1. The molecule has 2 rings (SSSR count). The summed E-state index contributed by atoms with van der Waals surface area (Å²) in [6.45, 7) is 2.90. The number of benzene rings is 1. The van der Waals surface area contributed by atoms with E-state index in [2.05, 4.69) is 17.3 Å². The molecule has 6 nitrogen and oxygen atoms in total. The maximum absolute atomic E-state index is 11.3. The number of carbonyl (C=O) groups is 2. The van der Waals surface area contributed by atoms with Gasteiger partial charge in [-0.3, -0.25) is 10.1 Å². The van der Waals surface area contributed by atoms with Gasteiger partial charge in [-0.05, 0) is 36.2 Å². The van der Waals surface area contributed by atoms with E-state index in [1.165, 1.54) is 25.7 Å². The standard InChI is InChI=1S/C17H23N3O3/c1-2-3-4-5-6-11-23-15-9-7-14(8-10-15)12-18-20-13-16(21)19-17(20)22/h7-10,12H,2-6,11,13H2,1H3,(H,19,21,22)/b18-12+.